The lowest BCUT2D eigenvalue weighted by atomic mass is 9.98. The number of benzene rings is 2. The van der Waals surface area contributed by atoms with Crippen molar-refractivity contribution in [1.82, 2.24) is 8.61 Å². The van der Waals surface area contributed by atoms with Crippen molar-refractivity contribution in [3.63, 3.8) is 0 Å². The van der Waals surface area contributed by atoms with Crippen LogP contribution in [-0.2, 0) is 29.6 Å². The molecule has 0 saturated carbocycles. The number of nitrogens with zero attached hydrogens (tertiary/aromatic N) is 2. The number of morpholine rings is 1. The van der Waals surface area contributed by atoms with Gasteiger partial charge in [-0.15, -0.1) is 0 Å². The molecule has 2 aliphatic rings. The highest BCUT2D eigenvalue weighted by atomic mass is 35.5. The highest BCUT2D eigenvalue weighted by molar-refractivity contribution is 7.89. The Morgan fingerprint density at radius 1 is 1.00 bits per heavy atom. The summed E-state index contributed by atoms with van der Waals surface area (Å²) in [6.45, 7) is 1.37. The predicted molar refractivity (Wildman–Crippen MR) is 134 cm³/mol. The fraction of sp³-hybridized carbons (Fsp3) is 0.435. The van der Waals surface area contributed by atoms with E-state index in [-0.39, 0.29) is 46.8 Å². The lowest BCUT2D eigenvalue weighted by Gasteiger charge is -2.31. The second-order valence-corrected chi connectivity index (χ2v) is 12.8. The Bertz CT molecular complexity index is 1310. The van der Waals surface area contributed by atoms with Crippen LogP contribution >= 0.6 is 11.6 Å². The molecule has 0 radical (unpaired) electrons. The molecule has 2 aromatic rings. The van der Waals surface area contributed by atoms with E-state index in [1.54, 1.807) is 6.07 Å². The zero-order valence-electron chi connectivity index (χ0n) is 19.7. The van der Waals surface area contributed by atoms with Gasteiger partial charge < -0.3 is 14.8 Å². The molecule has 2 heterocycles. The number of hydrogen-bond donors (Lipinski definition) is 1. The van der Waals surface area contributed by atoms with Gasteiger partial charge in [0.25, 0.3) is 0 Å². The van der Waals surface area contributed by atoms with Gasteiger partial charge in [-0.05, 0) is 55.3 Å². The molecule has 2 aliphatic heterocycles. The zero-order valence-corrected chi connectivity index (χ0v) is 22.1. The van der Waals surface area contributed by atoms with Crippen molar-refractivity contribution >= 4 is 43.2 Å². The van der Waals surface area contributed by atoms with Crippen molar-refractivity contribution in [2.24, 2.45) is 5.92 Å². The first kappa shape index (κ1) is 26.8. The number of methoxy groups -OCH3 is 1. The van der Waals surface area contributed by atoms with E-state index < -0.39 is 26.0 Å². The highest BCUT2D eigenvalue weighted by Gasteiger charge is 2.34. The van der Waals surface area contributed by atoms with Gasteiger partial charge in [0.15, 0.2) is 0 Å². The first-order chi connectivity index (χ1) is 17.1. The highest BCUT2D eigenvalue weighted by Crippen LogP contribution is 2.31. The van der Waals surface area contributed by atoms with E-state index in [9.17, 15) is 21.6 Å². The van der Waals surface area contributed by atoms with Gasteiger partial charge in [0.1, 0.15) is 10.6 Å². The van der Waals surface area contributed by atoms with E-state index >= 15 is 0 Å². The standard InChI is InChI=1S/C23H28ClN3O7S2/c1-33-21-9-6-19(15-22(21)36(31,32)26-11-13-34-14-12-26)25-23(28)17-3-2-10-27(16-17)35(29,30)20-7-4-18(24)5-8-20/h4-9,15,17H,2-3,10-14,16H2,1H3,(H,25,28). The van der Waals surface area contributed by atoms with Crippen LogP contribution in [0.5, 0.6) is 5.75 Å². The summed E-state index contributed by atoms with van der Waals surface area (Å²) < 4.78 is 65.7. The van der Waals surface area contributed by atoms with Gasteiger partial charge in [0.05, 0.1) is 31.1 Å². The van der Waals surface area contributed by atoms with Crippen LogP contribution < -0.4 is 10.1 Å². The minimum Gasteiger partial charge on any atom is -0.495 e. The minimum absolute atomic E-state index is 0.0197. The monoisotopic (exact) mass is 557 g/mol. The quantitative estimate of drug-likeness (QED) is 0.554. The maximum Gasteiger partial charge on any atom is 0.246 e. The summed E-state index contributed by atoms with van der Waals surface area (Å²) in [5.74, 6) is -0.814. The molecule has 1 unspecified atom stereocenters. The molecular weight excluding hydrogens is 530 g/mol. The molecule has 13 heteroatoms. The van der Waals surface area contributed by atoms with E-state index in [2.05, 4.69) is 5.32 Å². The van der Waals surface area contributed by atoms with Gasteiger partial charge in [0.2, 0.25) is 26.0 Å². The van der Waals surface area contributed by atoms with Crippen LogP contribution in [0, 0.1) is 5.92 Å². The largest absolute Gasteiger partial charge is 0.495 e. The van der Waals surface area contributed by atoms with Gasteiger partial charge in [-0.1, -0.05) is 11.6 Å². The van der Waals surface area contributed by atoms with E-state index in [4.69, 9.17) is 21.1 Å². The average molecular weight is 558 g/mol. The lowest BCUT2D eigenvalue weighted by molar-refractivity contribution is -0.120. The van der Waals surface area contributed by atoms with Gasteiger partial charge in [-0.3, -0.25) is 4.79 Å². The number of piperidine rings is 1. The topological polar surface area (TPSA) is 122 Å². The van der Waals surface area contributed by atoms with E-state index in [1.165, 1.54) is 52.1 Å². The normalized spacial score (nSPS) is 20.1. The van der Waals surface area contributed by atoms with Crippen molar-refractivity contribution in [2.45, 2.75) is 22.6 Å². The molecule has 2 saturated heterocycles. The first-order valence-corrected chi connectivity index (χ1v) is 14.7. The maximum atomic E-state index is 13.2. The van der Waals surface area contributed by atoms with E-state index in [0.29, 0.717) is 37.6 Å². The number of rotatable bonds is 7. The van der Waals surface area contributed by atoms with Gasteiger partial charge in [0, 0.05) is 36.9 Å². The third-order valence-corrected chi connectivity index (χ3v) is 10.3. The van der Waals surface area contributed by atoms with Crippen LogP contribution in [0.25, 0.3) is 0 Å². The third kappa shape index (κ3) is 5.68. The molecule has 2 aromatic carbocycles. The number of hydrogen-bond acceptors (Lipinski definition) is 7. The minimum atomic E-state index is -3.87. The van der Waals surface area contributed by atoms with Crippen LogP contribution in [0.1, 0.15) is 12.8 Å². The fourth-order valence-corrected chi connectivity index (χ4v) is 7.50. The number of halogens is 1. The van der Waals surface area contributed by atoms with Gasteiger partial charge in [-0.25, -0.2) is 16.8 Å². The molecule has 36 heavy (non-hydrogen) atoms. The second kappa shape index (κ2) is 11.0. The Balaban J connectivity index is 1.51. The SMILES string of the molecule is COc1ccc(NC(=O)C2CCCN(S(=O)(=O)c3ccc(Cl)cc3)C2)cc1S(=O)(=O)N1CCOCC1. The van der Waals surface area contributed by atoms with E-state index in [1.807, 2.05) is 0 Å². The number of carbonyl (C=O) groups excluding carboxylic acids is 1. The summed E-state index contributed by atoms with van der Waals surface area (Å²) in [6.07, 6.45) is 1.03. The van der Waals surface area contributed by atoms with Crippen molar-refractivity contribution in [2.75, 3.05) is 51.8 Å². The predicted octanol–water partition coefficient (Wildman–Crippen LogP) is 2.41. The van der Waals surface area contributed by atoms with Crippen LogP contribution in [-0.4, -0.2) is 77.9 Å². The Hall–Kier alpha value is -2.22. The maximum absolute atomic E-state index is 13.2. The number of sulfonamides is 2. The number of anilines is 1. The third-order valence-electron chi connectivity index (χ3n) is 6.23. The first-order valence-electron chi connectivity index (χ1n) is 11.5. The molecule has 1 N–H and O–H groups in total. The van der Waals surface area contributed by atoms with Crippen molar-refractivity contribution in [3.05, 3.63) is 47.5 Å². The Kier molecular flexibility index (Phi) is 8.22. The van der Waals surface area contributed by atoms with Gasteiger partial charge >= 0.3 is 0 Å². The molecule has 10 nitrogen and oxygen atoms in total. The summed E-state index contributed by atoms with van der Waals surface area (Å²) >= 11 is 5.88. The number of carbonyl (C=O) groups is 1. The van der Waals surface area contributed by atoms with Crippen LogP contribution in [0.15, 0.2) is 52.3 Å². The molecule has 1 amide bonds. The number of nitrogens with one attached hydrogen (secondary N) is 1. The van der Waals surface area contributed by atoms with Crippen molar-refractivity contribution in [1.29, 1.82) is 0 Å². The summed E-state index contributed by atoms with van der Waals surface area (Å²) in [4.78, 5) is 13.1. The fourth-order valence-electron chi connectivity index (χ4n) is 4.26. The summed E-state index contributed by atoms with van der Waals surface area (Å²) in [6, 6.07) is 10.3. The van der Waals surface area contributed by atoms with Crippen LogP contribution in [0.4, 0.5) is 5.69 Å². The van der Waals surface area contributed by atoms with Crippen LogP contribution in [0.3, 0.4) is 0 Å². The molecule has 196 valence electrons. The molecule has 4 rings (SSSR count). The van der Waals surface area contributed by atoms with Crippen molar-refractivity contribution in [3.8, 4) is 5.75 Å². The molecule has 0 aliphatic carbocycles. The smallest absolute Gasteiger partial charge is 0.246 e. The summed E-state index contributed by atoms with van der Waals surface area (Å²) in [5.41, 5.74) is 0.283. The molecule has 0 spiro atoms. The van der Waals surface area contributed by atoms with Crippen LogP contribution in [0.2, 0.25) is 5.02 Å². The summed E-state index contributed by atoms with van der Waals surface area (Å²) in [5, 5.41) is 3.19. The lowest BCUT2D eigenvalue weighted by Crippen LogP contribution is -2.43. The van der Waals surface area contributed by atoms with E-state index in [0.717, 1.165) is 0 Å². The van der Waals surface area contributed by atoms with Crippen molar-refractivity contribution < 1.29 is 31.1 Å². The number of ether oxygens (including phenoxy) is 2. The molecule has 0 aromatic heterocycles. The second-order valence-electron chi connectivity index (χ2n) is 8.53. The Morgan fingerprint density at radius 2 is 1.69 bits per heavy atom. The van der Waals surface area contributed by atoms with Gasteiger partial charge in [-0.2, -0.15) is 8.61 Å². The zero-order chi connectivity index (χ0) is 25.9. The Labute approximate surface area is 216 Å². The summed E-state index contributed by atoms with van der Waals surface area (Å²) in [7, 11) is -6.27. The molecule has 1 atom stereocenters. The average Bonchev–Trinajstić information content (AvgIpc) is 2.89. The molecule has 0 bridgehead atoms. The Morgan fingerprint density at radius 3 is 2.36 bits per heavy atom. The molecule has 2 fully saturated rings. The number of amides is 1. The molecular formula is C23H28ClN3O7S2.